The molecule has 13 heavy (non-hydrogen) atoms. The first-order valence-corrected chi connectivity index (χ1v) is 5.62. The van der Waals surface area contributed by atoms with Crippen molar-refractivity contribution in [1.82, 2.24) is 0 Å². The summed E-state index contributed by atoms with van der Waals surface area (Å²) in [7, 11) is 0. The van der Waals surface area contributed by atoms with E-state index < -0.39 is 0 Å². The van der Waals surface area contributed by atoms with E-state index in [1.54, 1.807) is 0 Å². The van der Waals surface area contributed by atoms with Gasteiger partial charge in [0.15, 0.2) is 0 Å². The van der Waals surface area contributed by atoms with Crippen molar-refractivity contribution >= 4 is 5.78 Å². The molecule has 0 N–H and O–H groups in total. The van der Waals surface area contributed by atoms with Crippen LogP contribution in [0, 0.1) is 11.3 Å². The molecular weight excluding hydrogens is 160 g/mol. The average molecular weight is 182 g/mol. The summed E-state index contributed by atoms with van der Waals surface area (Å²) >= 11 is 0. The Hall–Kier alpha value is -0.330. The number of rotatable bonds is 4. The van der Waals surface area contributed by atoms with Crippen molar-refractivity contribution in [2.75, 3.05) is 0 Å². The maximum atomic E-state index is 12.1. The summed E-state index contributed by atoms with van der Waals surface area (Å²) in [6.07, 6.45) is 6.98. The van der Waals surface area contributed by atoms with Crippen LogP contribution in [0.25, 0.3) is 0 Å². The lowest BCUT2D eigenvalue weighted by Gasteiger charge is -2.25. The van der Waals surface area contributed by atoms with Gasteiger partial charge in [0.05, 0.1) is 0 Å². The first-order valence-electron chi connectivity index (χ1n) is 5.62. The quantitative estimate of drug-likeness (QED) is 0.649. The first kappa shape index (κ1) is 10.7. The van der Waals surface area contributed by atoms with Crippen LogP contribution >= 0.6 is 0 Å². The predicted molar refractivity (Wildman–Crippen MR) is 55.7 cm³/mol. The zero-order valence-corrected chi connectivity index (χ0v) is 9.23. The molecule has 1 fully saturated rings. The lowest BCUT2D eigenvalue weighted by Crippen LogP contribution is -2.29. The Morgan fingerprint density at radius 2 is 1.85 bits per heavy atom. The van der Waals surface area contributed by atoms with Crippen LogP contribution < -0.4 is 0 Å². The van der Waals surface area contributed by atoms with E-state index in [1.165, 1.54) is 12.8 Å². The van der Waals surface area contributed by atoms with E-state index in [0.29, 0.717) is 11.7 Å². The lowest BCUT2D eigenvalue weighted by molar-refractivity contribution is -0.131. The molecule has 1 nitrogen and oxygen atoms in total. The van der Waals surface area contributed by atoms with E-state index in [2.05, 4.69) is 20.8 Å². The van der Waals surface area contributed by atoms with Gasteiger partial charge in [-0.25, -0.2) is 0 Å². The Balaban J connectivity index is 2.53. The molecule has 1 saturated carbocycles. The molecule has 76 valence electrons. The van der Waals surface area contributed by atoms with Gasteiger partial charge in [-0.15, -0.1) is 0 Å². The van der Waals surface area contributed by atoms with Crippen molar-refractivity contribution in [3.63, 3.8) is 0 Å². The second-order valence-corrected chi connectivity index (χ2v) is 4.98. The Kier molecular flexibility index (Phi) is 3.52. The first-order chi connectivity index (χ1) is 6.08. The highest BCUT2D eigenvalue weighted by molar-refractivity contribution is 5.86. The van der Waals surface area contributed by atoms with Gasteiger partial charge in [-0.1, -0.05) is 40.0 Å². The summed E-state index contributed by atoms with van der Waals surface area (Å²) in [4.78, 5) is 12.1. The van der Waals surface area contributed by atoms with Crippen molar-refractivity contribution in [3.8, 4) is 0 Å². The van der Waals surface area contributed by atoms with Crippen LogP contribution in [-0.4, -0.2) is 5.78 Å². The average Bonchev–Trinajstić information content (AvgIpc) is 2.54. The highest BCUT2D eigenvalue weighted by atomic mass is 16.1. The zero-order valence-electron chi connectivity index (χ0n) is 9.23. The topological polar surface area (TPSA) is 17.1 Å². The normalized spacial score (nSPS) is 19.3. The van der Waals surface area contributed by atoms with Crippen LogP contribution in [0.1, 0.15) is 59.3 Å². The van der Waals surface area contributed by atoms with E-state index in [0.717, 1.165) is 25.7 Å². The van der Waals surface area contributed by atoms with Gasteiger partial charge < -0.3 is 0 Å². The number of hydrogen-bond donors (Lipinski definition) is 0. The molecule has 1 aliphatic rings. The third-order valence-corrected chi connectivity index (χ3v) is 3.27. The standard InChI is InChI=1S/C12H22O/c1-4-9-12(2,3)11(13)10-7-5-6-8-10/h10H,4-9H2,1-3H3. The molecule has 0 radical (unpaired) electrons. The van der Waals surface area contributed by atoms with Crippen LogP contribution in [0.2, 0.25) is 0 Å². The summed E-state index contributed by atoms with van der Waals surface area (Å²) in [5, 5.41) is 0. The van der Waals surface area contributed by atoms with Gasteiger partial charge in [0.1, 0.15) is 5.78 Å². The van der Waals surface area contributed by atoms with Gasteiger partial charge in [0.25, 0.3) is 0 Å². The van der Waals surface area contributed by atoms with Crippen molar-refractivity contribution in [1.29, 1.82) is 0 Å². The largest absolute Gasteiger partial charge is 0.299 e. The Labute approximate surface area is 81.9 Å². The fourth-order valence-corrected chi connectivity index (χ4v) is 2.49. The van der Waals surface area contributed by atoms with Crippen molar-refractivity contribution in [3.05, 3.63) is 0 Å². The lowest BCUT2D eigenvalue weighted by atomic mass is 9.77. The molecule has 0 unspecified atom stereocenters. The Bertz CT molecular complexity index is 176. The summed E-state index contributed by atoms with van der Waals surface area (Å²) in [6, 6.07) is 0. The highest BCUT2D eigenvalue weighted by Crippen LogP contribution is 2.34. The van der Waals surface area contributed by atoms with E-state index in [1.807, 2.05) is 0 Å². The molecule has 0 heterocycles. The minimum atomic E-state index is -0.0657. The number of carbonyl (C=O) groups is 1. The van der Waals surface area contributed by atoms with Gasteiger partial charge >= 0.3 is 0 Å². The summed E-state index contributed by atoms with van der Waals surface area (Å²) in [6.45, 7) is 6.37. The fourth-order valence-electron chi connectivity index (χ4n) is 2.49. The number of Topliss-reactive ketones (excluding diaryl/α,β-unsaturated/α-hetero) is 1. The van der Waals surface area contributed by atoms with Crippen LogP contribution in [-0.2, 0) is 4.79 Å². The number of ketones is 1. The van der Waals surface area contributed by atoms with Gasteiger partial charge in [-0.2, -0.15) is 0 Å². The molecule has 0 atom stereocenters. The van der Waals surface area contributed by atoms with Crippen LogP contribution in [0.15, 0.2) is 0 Å². The smallest absolute Gasteiger partial charge is 0.141 e. The molecule has 1 aliphatic carbocycles. The van der Waals surface area contributed by atoms with E-state index in [4.69, 9.17) is 0 Å². The summed E-state index contributed by atoms with van der Waals surface area (Å²) < 4.78 is 0. The van der Waals surface area contributed by atoms with Crippen LogP contribution in [0.5, 0.6) is 0 Å². The van der Waals surface area contributed by atoms with Gasteiger partial charge in [-0.3, -0.25) is 4.79 Å². The number of hydrogen-bond acceptors (Lipinski definition) is 1. The maximum Gasteiger partial charge on any atom is 0.141 e. The SMILES string of the molecule is CCCC(C)(C)C(=O)C1CCCC1. The van der Waals surface area contributed by atoms with Gasteiger partial charge in [0.2, 0.25) is 0 Å². The second kappa shape index (κ2) is 4.26. The third-order valence-electron chi connectivity index (χ3n) is 3.27. The molecule has 1 heteroatoms. The minimum absolute atomic E-state index is 0.0657. The molecule has 0 aromatic rings. The zero-order chi connectivity index (χ0) is 9.90. The molecule has 0 aromatic heterocycles. The van der Waals surface area contributed by atoms with Crippen molar-refractivity contribution in [2.24, 2.45) is 11.3 Å². The minimum Gasteiger partial charge on any atom is -0.299 e. The van der Waals surface area contributed by atoms with Crippen molar-refractivity contribution < 1.29 is 4.79 Å². The summed E-state index contributed by atoms with van der Waals surface area (Å²) in [5.41, 5.74) is -0.0657. The molecule has 0 amide bonds. The molecule has 0 bridgehead atoms. The van der Waals surface area contributed by atoms with Crippen LogP contribution in [0.3, 0.4) is 0 Å². The second-order valence-electron chi connectivity index (χ2n) is 4.98. The fraction of sp³-hybridized carbons (Fsp3) is 0.917. The molecular formula is C12H22O. The van der Waals surface area contributed by atoms with Crippen LogP contribution in [0.4, 0.5) is 0 Å². The highest BCUT2D eigenvalue weighted by Gasteiger charge is 2.33. The van der Waals surface area contributed by atoms with E-state index in [9.17, 15) is 4.79 Å². The Morgan fingerprint density at radius 1 is 1.31 bits per heavy atom. The molecule has 0 saturated heterocycles. The Morgan fingerprint density at radius 3 is 2.31 bits per heavy atom. The maximum absolute atomic E-state index is 12.1. The van der Waals surface area contributed by atoms with E-state index in [-0.39, 0.29) is 5.41 Å². The third kappa shape index (κ3) is 2.55. The summed E-state index contributed by atoms with van der Waals surface area (Å²) in [5.74, 6) is 0.911. The number of carbonyl (C=O) groups excluding carboxylic acids is 1. The van der Waals surface area contributed by atoms with E-state index >= 15 is 0 Å². The van der Waals surface area contributed by atoms with Gasteiger partial charge in [-0.05, 0) is 19.3 Å². The van der Waals surface area contributed by atoms with Crippen molar-refractivity contribution in [2.45, 2.75) is 59.3 Å². The van der Waals surface area contributed by atoms with Gasteiger partial charge in [0, 0.05) is 11.3 Å². The molecule has 1 rings (SSSR count). The molecule has 0 aromatic carbocycles. The molecule has 0 aliphatic heterocycles. The predicted octanol–water partition coefficient (Wildman–Crippen LogP) is 3.57. The monoisotopic (exact) mass is 182 g/mol. The molecule has 0 spiro atoms.